The van der Waals surface area contributed by atoms with Gasteiger partial charge in [0.05, 0.1) is 18.2 Å². The average molecular weight is 299 g/mol. The van der Waals surface area contributed by atoms with Crippen molar-refractivity contribution in [2.45, 2.75) is 6.61 Å². The lowest BCUT2D eigenvalue weighted by atomic mass is 10.2. The first kappa shape index (κ1) is 13.9. The van der Waals surface area contributed by atoms with Crippen molar-refractivity contribution in [3.8, 4) is 5.75 Å². The Bertz CT molecular complexity index is 814. The zero-order chi connectivity index (χ0) is 15.5. The second-order valence-electron chi connectivity index (χ2n) is 4.60. The monoisotopic (exact) mass is 299 g/mol. The first-order valence-corrected chi connectivity index (χ1v) is 6.57. The number of aromatic nitrogens is 2. The van der Waals surface area contributed by atoms with Gasteiger partial charge in [0.15, 0.2) is 11.3 Å². The van der Waals surface area contributed by atoms with Gasteiger partial charge in [-0.25, -0.2) is 0 Å². The number of nitro groups is 1. The summed E-state index contributed by atoms with van der Waals surface area (Å²) in [4.78, 5) is 17.5. The van der Waals surface area contributed by atoms with Crippen LogP contribution in [-0.2, 0) is 6.61 Å². The van der Waals surface area contributed by atoms with Gasteiger partial charge < -0.3 is 9.57 Å². The zero-order valence-electron chi connectivity index (χ0n) is 11.8. The van der Waals surface area contributed by atoms with Crippen molar-refractivity contribution in [2.24, 2.45) is 0 Å². The van der Waals surface area contributed by atoms with E-state index >= 15 is 0 Å². The standard InChI is InChI=1S/C15H13N3O4/c1-21-13-8-7-12-9-17(16-14(12)15(13)18(19)20)22-10-11-5-3-2-4-6-11/h2-9H,10H2,1H3. The highest BCUT2D eigenvalue weighted by Gasteiger charge is 2.22. The quantitative estimate of drug-likeness (QED) is 0.534. The van der Waals surface area contributed by atoms with Gasteiger partial charge in [0.2, 0.25) is 0 Å². The van der Waals surface area contributed by atoms with Crippen LogP contribution in [0.25, 0.3) is 10.9 Å². The number of nitrogens with zero attached hydrogens (tertiary/aromatic N) is 3. The van der Waals surface area contributed by atoms with Crippen LogP contribution < -0.4 is 9.57 Å². The molecule has 0 atom stereocenters. The van der Waals surface area contributed by atoms with E-state index in [-0.39, 0.29) is 17.0 Å². The maximum Gasteiger partial charge on any atom is 0.338 e. The van der Waals surface area contributed by atoms with Crippen LogP contribution in [0.5, 0.6) is 5.75 Å². The predicted molar refractivity (Wildman–Crippen MR) is 79.7 cm³/mol. The highest BCUT2D eigenvalue weighted by atomic mass is 16.7. The molecule has 22 heavy (non-hydrogen) atoms. The Morgan fingerprint density at radius 2 is 2.00 bits per heavy atom. The van der Waals surface area contributed by atoms with Crippen LogP contribution in [-0.4, -0.2) is 22.0 Å². The maximum absolute atomic E-state index is 11.2. The minimum Gasteiger partial charge on any atom is -0.490 e. The van der Waals surface area contributed by atoms with Crippen molar-refractivity contribution in [3.63, 3.8) is 0 Å². The minimum atomic E-state index is -0.504. The predicted octanol–water partition coefficient (Wildman–Crippen LogP) is 2.58. The lowest BCUT2D eigenvalue weighted by Gasteiger charge is -2.04. The molecule has 0 saturated heterocycles. The van der Waals surface area contributed by atoms with Gasteiger partial charge in [-0.15, -0.1) is 9.94 Å². The molecule has 7 heteroatoms. The Hall–Kier alpha value is -3.09. The molecule has 0 unspecified atom stereocenters. The molecule has 0 fully saturated rings. The zero-order valence-corrected chi connectivity index (χ0v) is 11.8. The largest absolute Gasteiger partial charge is 0.490 e. The number of ether oxygens (including phenoxy) is 1. The third kappa shape index (κ3) is 2.56. The Balaban J connectivity index is 1.92. The van der Waals surface area contributed by atoms with Crippen molar-refractivity contribution < 1.29 is 14.5 Å². The van der Waals surface area contributed by atoms with E-state index < -0.39 is 4.92 Å². The van der Waals surface area contributed by atoms with E-state index in [0.29, 0.717) is 12.0 Å². The molecule has 3 aromatic rings. The highest BCUT2D eigenvalue weighted by Crippen LogP contribution is 2.33. The fourth-order valence-electron chi connectivity index (χ4n) is 2.15. The van der Waals surface area contributed by atoms with Crippen molar-refractivity contribution >= 4 is 16.6 Å². The van der Waals surface area contributed by atoms with E-state index in [1.54, 1.807) is 18.3 Å². The second kappa shape index (κ2) is 5.72. The minimum absolute atomic E-state index is 0.165. The van der Waals surface area contributed by atoms with Gasteiger partial charge in [0.1, 0.15) is 6.61 Å². The molecular formula is C15H13N3O4. The first-order valence-electron chi connectivity index (χ1n) is 6.57. The molecule has 0 spiro atoms. The van der Waals surface area contributed by atoms with Crippen molar-refractivity contribution in [3.05, 3.63) is 64.3 Å². The third-order valence-electron chi connectivity index (χ3n) is 3.20. The van der Waals surface area contributed by atoms with Crippen LogP contribution in [0.2, 0.25) is 0 Å². The van der Waals surface area contributed by atoms with Gasteiger partial charge in [0, 0.05) is 5.39 Å². The van der Waals surface area contributed by atoms with Gasteiger partial charge in [-0.2, -0.15) is 0 Å². The molecule has 1 heterocycles. The summed E-state index contributed by atoms with van der Waals surface area (Å²) in [6, 6.07) is 12.8. The lowest BCUT2D eigenvalue weighted by Crippen LogP contribution is -2.11. The molecule has 7 nitrogen and oxygen atoms in total. The van der Waals surface area contributed by atoms with Crippen LogP contribution >= 0.6 is 0 Å². The summed E-state index contributed by atoms with van der Waals surface area (Å²) in [7, 11) is 1.39. The van der Waals surface area contributed by atoms with Gasteiger partial charge in [0.25, 0.3) is 0 Å². The summed E-state index contributed by atoms with van der Waals surface area (Å²) >= 11 is 0. The van der Waals surface area contributed by atoms with Gasteiger partial charge >= 0.3 is 5.69 Å². The third-order valence-corrected chi connectivity index (χ3v) is 3.20. The molecule has 1 aromatic heterocycles. The first-order chi connectivity index (χ1) is 10.7. The van der Waals surface area contributed by atoms with E-state index in [9.17, 15) is 10.1 Å². The summed E-state index contributed by atoms with van der Waals surface area (Å²) in [6.07, 6.45) is 1.60. The Morgan fingerprint density at radius 1 is 1.23 bits per heavy atom. The van der Waals surface area contributed by atoms with Crippen molar-refractivity contribution in [1.29, 1.82) is 0 Å². The van der Waals surface area contributed by atoms with Crippen LogP contribution in [0.1, 0.15) is 5.56 Å². The molecule has 2 aromatic carbocycles. The summed E-state index contributed by atoms with van der Waals surface area (Å²) in [5.74, 6) is 0.172. The van der Waals surface area contributed by atoms with E-state index in [1.165, 1.54) is 12.0 Å². The molecule has 0 bridgehead atoms. The number of rotatable bonds is 5. The molecule has 0 aliphatic carbocycles. The molecule has 0 saturated carbocycles. The van der Waals surface area contributed by atoms with E-state index in [1.807, 2.05) is 30.3 Å². The second-order valence-corrected chi connectivity index (χ2v) is 4.60. The van der Waals surface area contributed by atoms with Crippen molar-refractivity contribution in [2.75, 3.05) is 7.11 Å². The fourth-order valence-corrected chi connectivity index (χ4v) is 2.15. The summed E-state index contributed by atoms with van der Waals surface area (Å²) in [6.45, 7) is 0.319. The molecular weight excluding hydrogens is 286 g/mol. The number of hydrogen-bond acceptors (Lipinski definition) is 5. The number of hydrogen-bond donors (Lipinski definition) is 0. The maximum atomic E-state index is 11.2. The van der Waals surface area contributed by atoms with Crippen molar-refractivity contribution in [1.82, 2.24) is 9.94 Å². The fraction of sp³-hybridized carbons (Fsp3) is 0.133. The van der Waals surface area contributed by atoms with Crippen LogP contribution in [0, 0.1) is 10.1 Å². The Kier molecular flexibility index (Phi) is 3.61. The molecule has 112 valence electrons. The highest BCUT2D eigenvalue weighted by molar-refractivity contribution is 5.89. The number of nitro benzene ring substituents is 1. The normalized spacial score (nSPS) is 10.6. The molecule has 0 aliphatic rings. The van der Waals surface area contributed by atoms with Crippen LogP contribution in [0.15, 0.2) is 48.7 Å². The van der Waals surface area contributed by atoms with Gasteiger partial charge in [-0.1, -0.05) is 30.3 Å². The van der Waals surface area contributed by atoms with Crippen LogP contribution in [0.4, 0.5) is 5.69 Å². The SMILES string of the molecule is COc1ccc2cn(OCc3ccccc3)nc2c1[N+](=O)[O-]. The average Bonchev–Trinajstić information content (AvgIpc) is 2.95. The van der Waals surface area contributed by atoms with Gasteiger partial charge in [-0.05, 0) is 17.7 Å². The van der Waals surface area contributed by atoms with Gasteiger partial charge in [-0.3, -0.25) is 10.1 Å². The lowest BCUT2D eigenvalue weighted by molar-refractivity contribution is -0.384. The molecule has 0 aliphatic heterocycles. The van der Waals surface area contributed by atoms with E-state index in [0.717, 1.165) is 5.56 Å². The Morgan fingerprint density at radius 3 is 2.68 bits per heavy atom. The summed E-state index contributed by atoms with van der Waals surface area (Å²) in [5, 5.41) is 16.0. The summed E-state index contributed by atoms with van der Waals surface area (Å²) in [5.41, 5.74) is 1.05. The number of benzene rings is 2. The molecule has 3 rings (SSSR count). The number of methoxy groups -OCH3 is 1. The summed E-state index contributed by atoms with van der Waals surface area (Å²) < 4.78 is 5.02. The number of fused-ring (bicyclic) bond motifs is 1. The van der Waals surface area contributed by atoms with Crippen LogP contribution in [0.3, 0.4) is 0 Å². The Labute approximate surface area is 125 Å². The molecule has 0 N–H and O–H groups in total. The topological polar surface area (TPSA) is 79.4 Å². The smallest absolute Gasteiger partial charge is 0.338 e. The van der Waals surface area contributed by atoms with E-state index in [4.69, 9.17) is 9.57 Å². The molecule has 0 amide bonds. The molecule has 0 radical (unpaired) electrons. The van der Waals surface area contributed by atoms with E-state index in [2.05, 4.69) is 5.10 Å².